The van der Waals surface area contributed by atoms with E-state index in [9.17, 15) is 0 Å². The minimum absolute atomic E-state index is 0.451. The molecule has 2 rings (SSSR count). The van der Waals surface area contributed by atoms with E-state index >= 15 is 0 Å². The van der Waals surface area contributed by atoms with Crippen LogP contribution >= 0.6 is 0 Å². The Labute approximate surface area is 79.4 Å². The van der Waals surface area contributed by atoms with Crippen LogP contribution in [0.25, 0.3) is 0 Å². The molecule has 1 aliphatic carbocycles. The zero-order valence-electron chi connectivity index (χ0n) is 8.38. The van der Waals surface area contributed by atoms with E-state index in [1.807, 2.05) is 6.20 Å². The maximum atomic E-state index is 4.60. The lowest BCUT2D eigenvalue weighted by Crippen LogP contribution is -2.09. The summed E-state index contributed by atoms with van der Waals surface area (Å²) in [5, 5.41) is 0. The van der Waals surface area contributed by atoms with Gasteiger partial charge in [-0.25, -0.2) is 9.97 Å². The quantitative estimate of drug-likeness (QED) is 0.657. The monoisotopic (exact) mass is 176 g/mol. The summed E-state index contributed by atoms with van der Waals surface area (Å²) in [5.41, 5.74) is 2.67. The Balaban J connectivity index is 2.35. The van der Waals surface area contributed by atoms with Crippen LogP contribution in [0, 0.1) is 0 Å². The molecule has 0 aromatic carbocycles. The molecule has 0 saturated carbocycles. The van der Waals surface area contributed by atoms with Crippen molar-refractivity contribution in [2.75, 3.05) is 0 Å². The summed E-state index contributed by atoms with van der Waals surface area (Å²) >= 11 is 0. The van der Waals surface area contributed by atoms with Gasteiger partial charge in [-0.1, -0.05) is 13.8 Å². The fourth-order valence-corrected chi connectivity index (χ4v) is 1.77. The van der Waals surface area contributed by atoms with Crippen LogP contribution in [0.15, 0.2) is 6.20 Å². The minimum Gasteiger partial charge on any atom is -0.241 e. The van der Waals surface area contributed by atoms with E-state index in [1.54, 1.807) is 0 Å². The van der Waals surface area contributed by atoms with Crippen LogP contribution in [-0.4, -0.2) is 9.97 Å². The van der Waals surface area contributed by atoms with Crippen LogP contribution in [0.1, 0.15) is 49.7 Å². The van der Waals surface area contributed by atoms with E-state index in [-0.39, 0.29) is 0 Å². The molecule has 0 unspecified atom stereocenters. The van der Waals surface area contributed by atoms with Gasteiger partial charge in [-0.2, -0.15) is 0 Å². The molecular weight excluding hydrogens is 160 g/mol. The van der Waals surface area contributed by atoms with Crippen LogP contribution in [0.5, 0.6) is 0 Å². The van der Waals surface area contributed by atoms with E-state index in [1.165, 1.54) is 30.5 Å². The summed E-state index contributed by atoms with van der Waals surface area (Å²) in [6.45, 7) is 4.29. The van der Waals surface area contributed by atoms with Crippen LogP contribution in [0.2, 0.25) is 0 Å². The Morgan fingerprint density at radius 3 is 2.77 bits per heavy atom. The topological polar surface area (TPSA) is 25.8 Å². The molecule has 0 bridgehead atoms. The highest BCUT2D eigenvalue weighted by atomic mass is 14.9. The molecule has 0 spiro atoms. The first-order valence-corrected chi connectivity index (χ1v) is 5.12. The molecule has 0 saturated heterocycles. The van der Waals surface area contributed by atoms with Crippen molar-refractivity contribution >= 4 is 0 Å². The van der Waals surface area contributed by atoms with E-state index in [2.05, 4.69) is 23.8 Å². The van der Waals surface area contributed by atoms with Gasteiger partial charge in [0.25, 0.3) is 0 Å². The highest BCUT2D eigenvalue weighted by molar-refractivity contribution is 5.20. The van der Waals surface area contributed by atoms with Gasteiger partial charge < -0.3 is 0 Å². The fraction of sp³-hybridized carbons (Fsp3) is 0.636. The average molecular weight is 176 g/mol. The highest BCUT2D eigenvalue weighted by Gasteiger charge is 2.12. The number of fused-ring (bicyclic) bond motifs is 1. The first-order valence-electron chi connectivity index (χ1n) is 5.12. The Hall–Kier alpha value is -0.920. The lowest BCUT2D eigenvalue weighted by molar-refractivity contribution is 0.643. The second-order valence-corrected chi connectivity index (χ2v) is 4.06. The van der Waals surface area contributed by atoms with Gasteiger partial charge in [-0.15, -0.1) is 0 Å². The molecular formula is C11H16N2. The smallest absolute Gasteiger partial charge is 0.131 e. The average Bonchev–Trinajstić information content (AvgIpc) is 2.17. The standard InChI is InChI=1S/C11H16N2/c1-8(2)11-12-7-9-5-3-4-6-10(9)13-11/h7-8H,3-6H2,1-2H3. The normalized spacial score (nSPS) is 15.9. The van der Waals surface area contributed by atoms with Gasteiger partial charge in [-0.3, -0.25) is 0 Å². The molecule has 0 atom stereocenters. The molecule has 2 heteroatoms. The number of rotatable bonds is 1. The number of nitrogens with zero attached hydrogens (tertiary/aromatic N) is 2. The van der Waals surface area contributed by atoms with Crippen molar-refractivity contribution in [1.29, 1.82) is 0 Å². The third-order valence-corrected chi connectivity index (χ3v) is 2.60. The van der Waals surface area contributed by atoms with Crippen molar-refractivity contribution < 1.29 is 0 Å². The molecule has 1 heterocycles. The largest absolute Gasteiger partial charge is 0.241 e. The fourth-order valence-electron chi connectivity index (χ4n) is 1.77. The van der Waals surface area contributed by atoms with E-state index in [4.69, 9.17) is 0 Å². The van der Waals surface area contributed by atoms with E-state index < -0.39 is 0 Å². The first-order chi connectivity index (χ1) is 6.27. The third-order valence-electron chi connectivity index (χ3n) is 2.60. The van der Waals surface area contributed by atoms with Crippen LogP contribution in [-0.2, 0) is 12.8 Å². The predicted molar refractivity (Wildman–Crippen MR) is 52.8 cm³/mol. The lowest BCUT2D eigenvalue weighted by Gasteiger charge is -2.15. The van der Waals surface area contributed by atoms with E-state index in [0.717, 1.165) is 12.2 Å². The third kappa shape index (κ3) is 1.71. The molecule has 0 N–H and O–H groups in total. The Bertz CT molecular complexity index is 305. The molecule has 13 heavy (non-hydrogen) atoms. The molecule has 0 aliphatic heterocycles. The van der Waals surface area contributed by atoms with Crippen LogP contribution in [0.3, 0.4) is 0 Å². The van der Waals surface area contributed by atoms with Crippen molar-refractivity contribution in [2.45, 2.75) is 45.4 Å². The maximum Gasteiger partial charge on any atom is 0.131 e. The van der Waals surface area contributed by atoms with Crippen molar-refractivity contribution in [2.24, 2.45) is 0 Å². The van der Waals surface area contributed by atoms with Gasteiger partial charge in [0, 0.05) is 17.8 Å². The second kappa shape index (κ2) is 3.44. The molecule has 0 amide bonds. The van der Waals surface area contributed by atoms with Gasteiger partial charge in [0.05, 0.1) is 0 Å². The van der Waals surface area contributed by atoms with Gasteiger partial charge in [0.15, 0.2) is 0 Å². The van der Waals surface area contributed by atoms with Crippen LogP contribution < -0.4 is 0 Å². The predicted octanol–water partition coefficient (Wildman–Crippen LogP) is 2.48. The van der Waals surface area contributed by atoms with Gasteiger partial charge >= 0.3 is 0 Å². The number of hydrogen-bond donors (Lipinski definition) is 0. The SMILES string of the molecule is CC(C)c1ncc2c(n1)CCCC2. The van der Waals surface area contributed by atoms with Crippen LogP contribution in [0.4, 0.5) is 0 Å². The summed E-state index contributed by atoms with van der Waals surface area (Å²) in [6.07, 6.45) is 6.95. The van der Waals surface area contributed by atoms with Gasteiger partial charge in [0.1, 0.15) is 5.82 Å². The molecule has 0 radical (unpaired) electrons. The first kappa shape index (κ1) is 8.67. The number of hydrogen-bond acceptors (Lipinski definition) is 2. The maximum absolute atomic E-state index is 4.60. The summed E-state index contributed by atoms with van der Waals surface area (Å²) in [4.78, 5) is 8.98. The number of aromatic nitrogens is 2. The molecule has 1 aliphatic rings. The molecule has 70 valence electrons. The summed E-state index contributed by atoms with van der Waals surface area (Å²) in [5.74, 6) is 1.45. The Morgan fingerprint density at radius 2 is 2.00 bits per heavy atom. The second-order valence-electron chi connectivity index (χ2n) is 4.06. The molecule has 2 nitrogen and oxygen atoms in total. The van der Waals surface area contributed by atoms with Crippen molar-refractivity contribution in [3.63, 3.8) is 0 Å². The zero-order chi connectivity index (χ0) is 9.26. The molecule has 0 fully saturated rings. The van der Waals surface area contributed by atoms with E-state index in [0.29, 0.717) is 5.92 Å². The van der Waals surface area contributed by atoms with Crippen molar-refractivity contribution in [1.82, 2.24) is 9.97 Å². The Kier molecular flexibility index (Phi) is 2.30. The molecule has 1 aromatic rings. The summed E-state index contributed by atoms with van der Waals surface area (Å²) in [6, 6.07) is 0. The Morgan fingerprint density at radius 1 is 1.23 bits per heavy atom. The summed E-state index contributed by atoms with van der Waals surface area (Å²) in [7, 11) is 0. The number of aryl methyl sites for hydroxylation is 2. The zero-order valence-corrected chi connectivity index (χ0v) is 8.38. The van der Waals surface area contributed by atoms with Crippen molar-refractivity contribution in [3.8, 4) is 0 Å². The summed E-state index contributed by atoms with van der Waals surface area (Å²) < 4.78 is 0. The highest BCUT2D eigenvalue weighted by Crippen LogP contribution is 2.20. The van der Waals surface area contributed by atoms with Gasteiger partial charge in [-0.05, 0) is 31.2 Å². The van der Waals surface area contributed by atoms with Crippen molar-refractivity contribution in [3.05, 3.63) is 23.3 Å². The molecule has 1 aromatic heterocycles. The van der Waals surface area contributed by atoms with Gasteiger partial charge in [0.2, 0.25) is 0 Å². The lowest BCUT2D eigenvalue weighted by atomic mass is 9.97. The minimum atomic E-state index is 0.451.